The predicted molar refractivity (Wildman–Crippen MR) is 111 cm³/mol. The number of nitrogens with one attached hydrogen (secondary N) is 2. The first-order chi connectivity index (χ1) is 14.1. The number of carbonyl (C=O) groups is 2. The first kappa shape index (κ1) is 19.5. The zero-order valence-electron chi connectivity index (χ0n) is 16.7. The number of piperidine rings is 1. The summed E-state index contributed by atoms with van der Waals surface area (Å²) in [6, 6.07) is 16.9. The maximum Gasteiger partial charge on any atom is 0.254 e. The number of amides is 2. The van der Waals surface area contributed by atoms with Crippen molar-refractivity contribution in [2.45, 2.75) is 37.8 Å². The fraction of sp³-hybridized carbons (Fsp3) is 0.391. The van der Waals surface area contributed by atoms with Gasteiger partial charge in [-0.05, 0) is 62.7 Å². The van der Waals surface area contributed by atoms with Crippen LogP contribution >= 0.6 is 0 Å². The highest BCUT2D eigenvalue weighted by Crippen LogP contribution is 2.38. The summed E-state index contributed by atoms with van der Waals surface area (Å²) >= 11 is 0. The normalized spacial score (nSPS) is 20.4. The largest absolute Gasteiger partial charge is 0.457 e. The standard InChI is InChI=1S/C23H27N3O3/c1-17(27)25-19-15-23(10-12-24-13-11-23)26(16-19)22(28)18-6-5-9-21(14-18)29-20-7-3-2-4-8-20/h2-9,14,19,24H,10-13,15-16H2,1H3,(H,25,27)/t19-/m1/s1. The smallest absolute Gasteiger partial charge is 0.254 e. The van der Waals surface area contributed by atoms with Gasteiger partial charge in [0.1, 0.15) is 11.5 Å². The average Bonchev–Trinajstić information content (AvgIpc) is 3.05. The third kappa shape index (κ3) is 4.27. The lowest BCUT2D eigenvalue weighted by Gasteiger charge is -2.41. The Hall–Kier alpha value is -2.86. The molecule has 6 nitrogen and oxygen atoms in total. The molecule has 0 aromatic heterocycles. The second-order valence-electron chi connectivity index (χ2n) is 7.93. The van der Waals surface area contributed by atoms with Crippen LogP contribution in [-0.4, -0.2) is 47.9 Å². The van der Waals surface area contributed by atoms with Crippen LogP contribution in [0.15, 0.2) is 54.6 Å². The molecule has 2 aromatic carbocycles. The van der Waals surface area contributed by atoms with E-state index in [2.05, 4.69) is 10.6 Å². The van der Waals surface area contributed by atoms with Crippen molar-refractivity contribution in [3.05, 3.63) is 60.2 Å². The maximum atomic E-state index is 13.5. The maximum absolute atomic E-state index is 13.5. The van der Waals surface area contributed by atoms with E-state index in [0.29, 0.717) is 17.9 Å². The van der Waals surface area contributed by atoms with Crippen LogP contribution in [0.4, 0.5) is 0 Å². The Morgan fingerprint density at radius 1 is 1.07 bits per heavy atom. The van der Waals surface area contributed by atoms with Crippen molar-refractivity contribution >= 4 is 11.8 Å². The van der Waals surface area contributed by atoms with Crippen LogP contribution in [0.25, 0.3) is 0 Å². The van der Waals surface area contributed by atoms with Gasteiger partial charge in [-0.1, -0.05) is 24.3 Å². The molecule has 2 aliphatic heterocycles. The minimum absolute atomic E-state index is 0.00157. The van der Waals surface area contributed by atoms with Crippen LogP contribution in [-0.2, 0) is 4.79 Å². The van der Waals surface area contributed by atoms with Crippen molar-refractivity contribution in [2.24, 2.45) is 0 Å². The molecule has 0 aliphatic carbocycles. The van der Waals surface area contributed by atoms with Crippen LogP contribution in [0.3, 0.4) is 0 Å². The summed E-state index contributed by atoms with van der Waals surface area (Å²) in [6.07, 6.45) is 2.60. The zero-order chi connectivity index (χ0) is 20.3. The molecule has 152 valence electrons. The van der Waals surface area contributed by atoms with Gasteiger partial charge < -0.3 is 20.3 Å². The molecule has 0 radical (unpaired) electrons. The monoisotopic (exact) mass is 393 g/mol. The number of hydrogen-bond acceptors (Lipinski definition) is 4. The van der Waals surface area contributed by atoms with Crippen LogP contribution in [0, 0.1) is 0 Å². The SMILES string of the molecule is CC(=O)N[C@H]1CN(C(=O)c2cccc(Oc3ccccc3)c2)C2(CCNCC2)C1. The minimum atomic E-state index is -0.203. The minimum Gasteiger partial charge on any atom is -0.457 e. The molecular weight excluding hydrogens is 366 g/mol. The van der Waals surface area contributed by atoms with Crippen LogP contribution < -0.4 is 15.4 Å². The van der Waals surface area contributed by atoms with Crippen molar-refractivity contribution in [1.29, 1.82) is 0 Å². The van der Waals surface area contributed by atoms with Crippen molar-refractivity contribution in [3.8, 4) is 11.5 Å². The Morgan fingerprint density at radius 3 is 2.52 bits per heavy atom. The third-order valence-corrected chi connectivity index (χ3v) is 5.85. The summed E-state index contributed by atoms with van der Waals surface area (Å²) in [5.74, 6) is 1.32. The Labute approximate surface area is 171 Å². The number of benzene rings is 2. The molecule has 4 rings (SSSR count). The first-order valence-electron chi connectivity index (χ1n) is 10.2. The number of ether oxygens (including phenoxy) is 1. The van der Waals surface area contributed by atoms with Gasteiger partial charge in [-0.2, -0.15) is 0 Å². The molecule has 2 heterocycles. The van der Waals surface area contributed by atoms with Gasteiger partial charge in [-0.25, -0.2) is 0 Å². The predicted octanol–water partition coefficient (Wildman–Crippen LogP) is 2.95. The Kier molecular flexibility index (Phi) is 5.53. The number of nitrogens with zero attached hydrogens (tertiary/aromatic N) is 1. The summed E-state index contributed by atoms with van der Waals surface area (Å²) in [4.78, 5) is 27.1. The highest BCUT2D eigenvalue weighted by atomic mass is 16.5. The molecule has 6 heteroatoms. The molecule has 1 atom stereocenters. The van der Waals surface area contributed by atoms with Crippen molar-refractivity contribution in [3.63, 3.8) is 0 Å². The summed E-state index contributed by atoms with van der Waals surface area (Å²) in [6.45, 7) is 3.84. The highest BCUT2D eigenvalue weighted by molar-refractivity contribution is 5.95. The molecule has 2 saturated heterocycles. The fourth-order valence-electron chi connectivity index (χ4n) is 4.57. The van der Waals surface area contributed by atoms with E-state index in [-0.39, 0.29) is 23.4 Å². The Morgan fingerprint density at radius 2 is 1.79 bits per heavy atom. The van der Waals surface area contributed by atoms with E-state index in [4.69, 9.17) is 4.74 Å². The highest BCUT2D eigenvalue weighted by Gasteiger charge is 2.48. The van der Waals surface area contributed by atoms with E-state index in [1.54, 1.807) is 6.07 Å². The zero-order valence-corrected chi connectivity index (χ0v) is 16.7. The summed E-state index contributed by atoms with van der Waals surface area (Å²) in [5, 5.41) is 6.40. The van der Waals surface area contributed by atoms with Gasteiger partial charge in [0.2, 0.25) is 5.91 Å². The molecule has 0 saturated carbocycles. The van der Waals surface area contributed by atoms with Crippen molar-refractivity contribution in [2.75, 3.05) is 19.6 Å². The van der Waals surface area contributed by atoms with Gasteiger partial charge in [-0.3, -0.25) is 9.59 Å². The average molecular weight is 393 g/mol. The fourth-order valence-corrected chi connectivity index (χ4v) is 4.57. The molecule has 0 bridgehead atoms. The summed E-state index contributed by atoms with van der Waals surface area (Å²) in [5.41, 5.74) is 0.408. The first-order valence-corrected chi connectivity index (χ1v) is 10.2. The van der Waals surface area contributed by atoms with Gasteiger partial charge in [0.05, 0.1) is 0 Å². The van der Waals surface area contributed by atoms with Crippen molar-refractivity contribution < 1.29 is 14.3 Å². The van der Waals surface area contributed by atoms with Gasteiger partial charge in [0.25, 0.3) is 5.91 Å². The van der Waals surface area contributed by atoms with Gasteiger partial charge in [0.15, 0.2) is 0 Å². The Bertz CT molecular complexity index is 878. The third-order valence-electron chi connectivity index (χ3n) is 5.85. The van der Waals surface area contributed by atoms with Crippen molar-refractivity contribution in [1.82, 2.24) is 15.5 Å². The number of rotatable bonds is 4. The lowest BCUT2D eigenvalue weighted by molar-refractivity contribution is -0.119. The number of hydrogen-bond donors (Lipinski definition) is 2. The molecule has 1 spiro atoms. The number of carbonyl (C=O) groups excluding carboxylic acids is 2. The summed E-state index contributed by atoms with van der Waals surface area (Å²) < 4.78 is 5.90. The lowest BCUT2D eigenvalue weighted by Crippen LogP contribution is -2.53. The molecule has 2 amide bonds. The van der Waals surface area contributed by atoms with Gasteiger partial charge in [-0.15, -0.1) is 0 Å². The van der Waals surface area contributed by atoms with E-state index in [9.17, 15) is 9.59 Å². The Balaban J connectivity index is 1.57. The topological polar surface area (TPSA) is 70.7 Å². The second kappa shape index (κ2) is 8.25. The van der Waals surface area contributed by atoms with Gasteiger partial charge in [0, 0.05) is 30.6 Å². The molecule has 29 heavy (non-hydrogen) atoms. The van der Waals surface area contributed by atoms with Crippen LogP contribution in [0.5, 0.6) is 11.5 Å². The van der Waals surface area contributed by atoms with Gasteiger partial charge >= 0.3 is 0 Å². The number of likely N-dealkylation sites (tertiary alicyclic amines) is 1. The van der Waals surface area contributed by atoms with E-state index >= 15 is 0 Å². The van der Waals surface area contributed by atoms with E-state index in [1.165, 1.54) is 6.92 Å². The van der Waals surface area contributed by atoms with E-state index < -0.39 is 0 Å². The molecule has 2 fully saturated rings. The molecule has 0 unspecified atom stereocenters. The van der Waals surface area contributed by atoms with E-state index in [1.807, 2.05) is 53.4 Å². The molecule has 2 aliphatic rings. The summed E-state index contributed by atoms with van der Waals surface area (Å²) in [7, 11) is 0. The quantitative estimate of drug-likeness (QED) is 0.838. The molecular formula is C23H27N3O3. The van der Waals surface area contributed by atoms with Crippen LogP contribution in [0.1, 0.15) is 36.5 Å². The van der Waals surface area contributed by atoms with Crippen LogP contribution in [0.2, 0.25) is 0 Å². The second-order valence-corrected chi connectivity index (χ2v) is 7.93. The lowest BCUT2D eigenvalue weighted by atomic mass is 9.84. The molecule has 2 N–H and O–H groups in total. The number of para-hydroxylation sites is 1. The van der Waals surface area contributed by atoms with E-state index in [0.717, 1.165) is 38.1 Å². The molecule has 2 aromatic rings.